The second-order valence-corrected chi connectivity index (χ2v) is 8.42. The van der Waals surface area contributed by atoms with Gasteiger partial charge in [-0.25, -0.2) is 0 Å². The van der Waals surface area contributed by atoms with Gasteiger partial charge in [0.05, 0.1) is 0 Å². The molecule has 0 aliphatic carbocycles. The third-order valence-corrected chi connectivity index (χ3v) is 4.73. The largest absolute Gasteiger partial charge is 0.314 e. The van der Waals surface area contributed by atoms with Crippen LogP contribution < -0.4 is 5.32 Å². The zero-order valence-electron chi connectivity index (χ0n) is 14.3. The van der Waals surface area contributed by atoms with Crippen molar-refractivity contribution in [2.24, 2.45) is 16.7 Å². The Labute approximate surface area is 121 Å². The molecule has 0 aromatic carbocycles. The smallest absolute Gasteiger partial charge is 0.0128 e. The van der Waals surface area contributed by atoms with Crippen molar-refractivity contribution in [3.8, 4) is 0 Å². The van der Waals surface area contributed by atoms with Crippen LogP contribution in [0.1, 0.15) is 61.3 Å². The van der Waals surface area contributed by atoms with Gasteiger partial charge in [0.2, 0.25) is 0 Å². The number of nitrogens with one attached hydrogen (secondary N) is 1. The fraction of sp³-hybridized carbons (Fsp3) is 1.00. The lowest BCUT2D eigenvalue weighted by Crippen LogP contribution is -2.42. The van der Waals surface area contributed by atoms with E-state index in [2.05, 4.69) is 58.7 Å². The summed E-state index contributed by atoms with van der Waals surface area (Å²) in [6.07, 6.45) is 2.65. The number of rotatable bonds is 5. The average Bonchev–Trinajstić information content (AvgIpc) is 2.70. The highest BCUT2D eigenvalue weighted by atomic mass is 15.1. The molecule has 1 rings (SSSR count). The molecule has 0 bridgehead atoms. The standard InChI is InChI=1S/C17H36N2/c1-8-18-15(17(5,6)7)10-12-19-11-9-14(13-19)16(2,3)4/h14-15,18H,8-13H2,1-7H3. The molecule has 0 saturated carbocycles. The van der Waals surface area contributed by atoms with E-state index in [1.807, 2.05) is 0 Å². The first-order valence-corrected chi connectivity index (χ1v) is 8.10. The number of hydrogen-bond acceptors (Lipinski definition) is 2. The second-order valence-electron chi connectivity index (χ2n) is 8.42. The summed E-state index contributed by atoms with van der Waals surface area (Å²) in [6.45, 7) is 21.3. The van der Waals surface area contributed by atoms with E-state index in [4.69, 9.17) is 0 Å². The molecule has 1 saturated heterocycles. The van der Waals surface area contributed by atoms with E-state index in [0.717, 1.165) is 12.5 Å². The lowest BCUT2D eigenvalue weighted by atomic mass is 9.80. The summed E-state index contributed by atoms with van der Waals surface area (Å²) in [4.78, 5) is 2.67. The highest BCUT2D eigenvalue weighted by Gasteiger charge is 2.32. The average molecular weight is 268 g/mol. The Balaban J connectivity index is 2.40. The van der Waals surface area contributed by atoms with E-state index < -0.39 is 0 Å². The molecule has 1 fully saturated rings. The predicted octanol–water partition coefficient (Wildman–Crippen LogP) is 3.77. The number of likely N-dealkylation sites (tertiary alicyclic amines) is 1. The third-order valence-electron chi connectivity index (χ3n) is 4.73. The highest BCUT2D eigenvalue weighted by molar-refractivity contribution is 4.86. The van der Waals surface area contributed by atoms with Gasteiger partial charge in [-0.3, -0.25) is 0 Å². The van der Waals surface area contributed by atoms with Gasteiger partial charge in [0.25, 0.3) is 0 Å². The van der Waals surface area contributed by atoms with Crippen molar-refractivity contribution in [2.75, 3.05) is 26.2 Å². The molecule has 0 amide bonds. The summed E-state index contributed by atoms with van der Waals surface area (Å²) >= 11 is 0. The van der Waals surface area contributed by atoms with Crippen LogP contribution >= 0.6 is 0 Å². The molecule has 2 unspecified atom stereocenters. The van der Waals surface area contributed by atoms with Crippen LogP contribution in [0.3, 0.4) is 0 Å². The van der Waals surface area contributed by atoms with Gasteiger partial charge in [-0.05, 0) is 49.2 Å². The van der Waals surface area contributed by atoms with Gasteiger partial charge in [-0.1, -0.05) is 48.5 Å². The van der Waals surface area contributed by atoms with Crippen LogP contribution in [-0.4, -0.2) is 37.1 Å². The zero-order chi connectivity index (χ0) is 14.7. The van der Waals surface area contributed by atoms with Gasteiger partial charge < -0.3 is 10.2 Å². The van der Waals surface area contributed by atoms with Crippen molar-refractivity contribution >= 4 is 0 Å². The monoisotopic (exact) mass is 268 g/mol. The fourth-order valence-corrected chi connectivity index (χ4v) is 3.14. The predicted molar refractivity (Wildman–Crippen MR) is 85.5 cm³/mol. The molecule has 1 aliphatic rings. The van der Waals surface area contributed by atoms with Gasteiger partial charge >= 0.3 is 0 Å². The molecule has 0 spiro atoms. The topological polar surface area (TPSA) is 15.3 Å². The SMILES string of the molecule is CCNC(CCN1CCC(C(C)(C)C)C1)C(C)(C)C. The molecular formula is C17H36N2. The lowest BCUT2D eigenvalue weighted by Gasteiger charge is -2.33. The molecule has 0 aromatic heterocycles. The summed E-state index contributed by atoms with van der Waals surface area (Å²) in [7, 11) is 0. The van der Waals surface area contributed by atoms with Crippen molar-refractivity contribution in [3.05, 3.63) is 0 Å². The van der Waals surface area contributed by atoms with Gasteiger partial charge in [-0.15, -0.1) is 0 Å². The molecule has 2 nitrogen and oxygen atoms in total. The molecule has 1 heterocycles. The molecular weight excluding hydrogens is 232 g/mol. The Kier molecular flexibility index (Phi) is 5.88. The van der Waals surface area contributed by atoms with E-state index in [-0.39, 0.29) is 0 Å². The molecule has 19 heavy (non-hydrogen) atoms. The first-order valence-electron chi connectivity index (χ1n) is 8.10. The highest BCUT2D eigenvalue weighted by Crippen LogP contribution is 2.33. The maximum Gasteiger partial charge on any atom is 0.0128 e. The van der Waals surface area contributed by atoms with Crippen LogP contribution in [-0.2, 0) is 0 Å². The molecule has 2 heteroatoms. The van der Waals surface area contributed by atoms with Crippen molar-refractivity contribution in [2.45, 2.75) is 67.3 Å². The number of hydrogen-bond donors (Lipinski definition) is 1. The summed E-state index contributed by atoms with van der Waals surface area (Å²) in [6, 6.07) is 0.631. The Morgan fingerprint density at radius 3 is 2.21 bits per heavy atom. The summed E-state index contributed by atoms with van der Waals surface area (Å²) in [5.41, 5.74) is 0.832. The van der Waals surface area contributed by atoms with Gasteiger partial charge in [0.15, 0.2) is 0 Å². The Bertz CT molecular complexity index is 259. The molecule has 0 aromatic rings. The Hall–Kier alpha value is -0.0800. The zero-order valence-corrected chi connectivity index (χ0v) is 14.3. The summed E-state index contributed by atoms with van der Waals surface area (Å²) in [5, 5.41) is 3.66. The normalized spacial score (nSPS) is 23.8. The van der Waals surface area contributed by atoms with Gasteiger partial charge in [-0.2, -0.15) is 0 Å². The van der Waals surface area contributed by atoms with Crippen LogP contribution in [0.15, 0.2) is 0 Å². The maximum atomic E-state index is 3.66. The van der Waals surface area contributed by atoms with E-state index in [1.165, 1.54) is 32.5 Å². The maximum absolute atomic E-state index is 3.66. The minimum absolute atomic E-state index is 0.360. The molecule has 1 N–H and O–H groups in total. The van der Waals surface area contributed by atoms with Crippen LogP contribution in [0.2, 0.25) is 0 Å². The van der Waals surface area contributed by atoms with Crippen molar-refractivity contribution in [3.63, 3.8) is 0 Å². The summed E-state index contributed by atoms with van der Waals surface area (Å²) < 4.78 is 0. The van der Waals surface area contributed by atoms with Crippen LogP contribution in [0.5, 0.6) is 0 Å². The molecule has 2 atom stereocenters. The van der Waals surface area contributed by atoms with Crippen molar-refractivity contribution in [1.29, 1.82) is 0 Å². The van der Waals surface area contributed by atoms with Crippen molar-refractivity contribution < 1.29 is 0 Å². The fourth-order valence-electron chi connectivity index (χ4n) is 3.14. The van der Waals surface area contributed by atoms with Gasteiger partial charge in [0, 0.05) is 12.6 Å². The minimum atomic E-state index is 0.360. The first kappa shape index (κ1) is 17.0. The van der Waals surface area contributed by atoms with E-state index in [0.29, 0.717) is 16.9 Å². The second kappa shape index (κ2) is 6.58. The van der Waals surface area contributed by atoms with Crippen molar-refractivity contribution in [1.82, 2.24) is 10.2 Å². The first-order chi connectivity index (χ1) is 8.64. The molecule has 0 radical (unpaired) electrons. The summed E-state index contributed by atoms with van der Waals surface area (Å²) in [5.74, 6) is 0.875. The van der Waals surface area contributed by atoms with Crippen LogP contribution in [0, 0.1) is 16.7 Å². The molecule has 1 aliphatic heterocycles. The van der Waals surface area contributed by atoms with Crippen LogP contribution in [0.25, 0.3) is 0 Å². The Morgan fingerprint density at radius 1 is 1.16 bits per heavy atom. The van der Waals surface area contributed by atoms with E-state index in [1.54, 1.807) is 0 Å². The van der Waals surface area contributed by atoms with Gasteiger partial charge in [0.1, 0.15) is 0 Å². The van der Waals surface area contributed by atoms with E-state index >= 15 is 0 Å². The lowest BCUT2D eigenvalue weighted by molar-refractivity contribution is 0.202. The van der Waals surface area contributed by atoms with Crippen LogP contribution in [0.4, 0.5) is 0 Å². The third kappa shape index (κ3) is 5.43. The molecule has 114 valence electrons. The quantitative estimate of drug-likeness (QED) is 0.816. The Morgan fingerprint density at radius 2 is 1.79 bits per heavy atom. The number of nitrogens with zero attached hydrogens (tertiary/aromatic N) is 1. The minimum Gasteiger partial charge on any atom is -0.314 e. The van der Waals surface area contributed by atoms with E-state index in [9.17, 15) is 0 Å².